The van der Waals surface area contributed by atoms with E-state index in [1.54, 1.807) is 62.8 Å². The highest BCUT2D eigenvalue weighted by molar-refractivity contribution is 5.96. The first-order valence-corrected chi connectivity index (χ1v) is 9.91. The van der Waals surface area contributed by atoms with E-state index in [2.05, 4.69) is 5.32 Å². The summed E-state index contributed by atoms with van der Waals surface area (Å²) in [7, 11) is 3.16. The Kier molecular flexibility index (Phi) is 7.65. The molecular weight excluding hydrogens is 394 g/mol. The topological polar surface area (TPSA) is 73.9 Å². The van der Waals surface area contributed by atoms with Crippen molar-refractivity contribution >= 4 is 17.6 Å². The molecule has 0 aliphatic heterocycles. The Bertz CT molecular complexity index is 1000. The van der Waals surface area contributed by atoms with E-state index in [4.69, 9.17) is 14.2 Å². The standard InChI is InChI=1S/C25H25NO5/c1-29-21-14-11-18(12-15-21)13-16-23(27)31-24(19-7-4-3-5-8-19)25(28)26-20-9-6-10-22(17-20)30-2/h3-12,14-15,17,24H,13,16H2,1-2H3,(H,26,28)/t24-/m0/s1. The average Bonchev–Trinajstić information content (AvgIpc) is 2.82. The quantitative estimate of drug-likeness (QED) is 0.515. The van der Waals surface area contributed by atoms with Crippen molar-refractivity contribution in [3.05, 3.63) is 90.0 Å². The van der Waals surface area contributed by atoms with Gasteiger partial charge in [-0.05, 0) is 36.2 Å². The number of anilines is 1. The van der Waals surface area contributed by atoms with Crippen LogP contribution in [-0.4, -0.2) is 26.1 Å². The smallest absolute Gasteiger partial charge is 0.307 e. The molecule has 1 N–H and O–H groups in total. The fraction of sp³-hybridized carbons (Fsp3) is 0.200. The summed E-state index contributed by atoms with van der Waals surface area (Å²) in [4.78, 5) is 25.5. The fourth-order valence-corrected chi connectivity index (χ4v) is 3.04. The Morgan fingerprint density at radius 3 is 2.23 bits per heavy atom. The van der Waals surface area contributed by atoms with Gasteiger partial charge in [0.1, 0.15) is 11.5 Å². The second kappa shape index (κ2) is 10.8. The normalized spacial score (nSPS) is 11.3. The molecule has 3 rings (SSSR count). The third kappa shape index (κ3) is 6.34. The van der Waals surface area contributed by atoms with Crippen molar-refractivity contribution in [1.82, 2.24) is 0 Å². The second-order valence-corrected chi connectivity index (χ2v) is 6.85. The number of benzene rings is 3. The first kappa shape index (κ1) is 21.9. The zero-order valence-corrected chi connectivity index (χ0v) is 17.5. The highest BCUT2D eigenvalue weighted by Crippen LogP contribution is 2.23. The van der Waals surface area contributed by atoms with Crippen LogP contribution in [0.4, 0.5) is 5.69 Å². The van der Waals surface area contributed by atoms with E-state index in [0.29, 0.717) is 23.4 Å². The molecule has 0 aliphatic rings. The first-order valence-electron chi connectivity index (χ1n) is 9.91. The lowest BCUT2D eigenvalue weighted by molar-refractivity contribution is -0.154. The average molecular weight is 419 g/mol. The minimum Gasteiger partial charge on any atom is -0.497 e. The molecule has 6 nitrogen and oxygen atoms in total. The van der Waals surface area contributed by atoms with Crippen molar-refractivity contribution in [2.75, 3.05) is 19.5 Å². The molecular formula is C25H25NO5. The monoisotopic (exact) mass is 419 g/mol. The van der Waals surface area contributed by atoms with Gasteiger partial charge in [-0.25, -0.2) is 0 Å². The van der Waals surface area contributed by atoms with Crippen molar-refractivity contribution in [2.45, 2.75) is 18.9 Å². The highest BCUT2D eigenvalue weighted by atomic mass is 16.5. The number of nitrogens with one attached hydrogen (secondary N) is 1. The second-order valence-electron chi connectivity index (χ2n) is 6.85. The summed E-state index contributed by atoms with van der Waals surface area (Å²) in [5, 5.41) is 2.80. The maximum Gasteiger partial charge on any atom is 0.307 e. The maximum atomic E-state index is 12.9. The molecule has 31 heavy (non-hydrogen) atoms. The largest absolute Gasteiger partial charge is 0.497 e. The van der Waals surface area contributed by atoms with Gasteiger partial charge in [0.05, 0.1) is 14.2 Å². The Labute approximate surface area is 181 Å². The van der Waals surface area contributed by atoms with Crippen LogP contribution in [0.1, 0.15) is 23.7 Å². The van der Waals surface area contributed by atoms with Crippen molar-refractivity contribution in [2.24, 2.45) is 0 Å². The fourth-order valence-electron chi connectivity index (χ4n) is 3.04. The lowest BCUT2D eigenvalue weighted by Gasteiger charge is -2.18. The van der Waals surface area contributed by atoms with Crippen LogP contribution in [-0.2, 0) is 20.7 Å². The van der Waals surface area contributed by atoms with Crippen LogP contribution in [0.2, 0.25) is 0 Å². The van der Waals surface area contributed by atoms with Crippen molar-refractivity contribution in [3.8, 4) is 11.5 Å². The third-order valence-electron chi connectivity index (χ3n) is 4.70. The molecule has 0 heterocycles. The Morgan fingerprint density at radius 1 is 0.839 bits per heavy atom. The van der Waals surface area contributed by atoms with E-state index in [0.717, 1.165) is 11.3 Å². The van der Waals surface area contributed by atoms with Crippen molar-refractivity contribution in [1.29, 1.82) is 0 Å². The van der Waals surface area contributed by atoms with E-state index in [1.165, 1.54) is 0 Å². The van der Waals surface area contributed by atoms with Crippen LogP contribution in [0.3, 0.4) is 0 Å². The van der Waals surface area contributed by atoms with E-state index in [1.807, 2.05) is 30.3 Å². The van der Waals surface area contributed by atoms with Crippen molar-refractivity contribution in [3.63, 3.8) is 0 Å². The molecule has 0 spiro atoms. The number of carbonyl (C=O) groups is 2. The summed E-state index contributed by atoms with van der Waals surface area (Å²) in [6.45, 7) is 0. The van der Waals surface area contributed by atoms with Crippen LogP contribution >= 0.6 is 0 Å². The first-order chi connectivity index (χ1) is 15.1. The van der Waals surface area contributed by atoms with Gasteiger partial charge in [0.15, 0.2) is 0 Å². The van der Waals surface area contributed by atoms with E-state index < -0.39 is 18.0 Å². The van der Waals surface area contributed by atoms with Crippen LogP contribution in [0.5, 0.6) is 11.5 Å². The lowest BCUT2D eigenvalue weighted by Crippen LogP contribution is -2.26. The molecule has 0 unspecified atom stereocenters. The third-order valence-corrected chi connectivity index (χ3v) is 4.70. The molecule has 0 bridgehead atoms. The summed E-state index contributed by atoms with van der Waals surface area (Å²) >= 11 is 0. The maximum absolute atomic E-state index is 12.9. The van der Waals surface area contributed by atoms with E-state index >= 15 is 0 Å². The predicted molar refractivity (Wildman–Crippen MR) is 118 cm³/mol. The zero-order chi connectivity index (χ0) is 22.1. The number of hydrogen-bond acceptors (Lipinski definition) is 5. The van der Waals surface area contributed by atoms with Crippen LogP contribution < -0.4 is 14.8 Å². The SMILES string of the molecule is COc1ccc(CCC(=O)O[C@H](C(=O)Nc2cccc(OC)c2)c2ccccc2)cc1. The molecule has 0 fully saturated rings. The van der Waals surface area contributed by atoms with Gasteiger partial charge in [0.25, 0.3) is 5.91 Å². The minimum absolute atomic E-state index is 0.155. The summed E-state index contributed by atoms with van der Waals surface area (Å²) in [6.07, 6.45) is -0.403. The van der Waals surface area contributed by atoms with Gasteiger partial charge < -0.3 is 19.5 Å². The Morgan fingerprint density at radius 2 is 1.55 bits per heavy atom. The molecule has 0 aliphatic carbocycles. The van der Waals surface area contributed by atoms with Gasteiger partial charge in [-0.3, -0.25) is 9.59 Å². The molecule has 0 saturated heterocycles. The summed E-state index contributed by atoms with van der Waals surface area (Å²) in [5.41, 5.74) is 2.13. The number of carbonyl (C=O) groups excluding carboxylic acids is 2. The van der Waals surface area contributed by atoms with E-state index in [-0.39, 0.29) is 6.42 Å². The molecule has 160 valence electrons. The molecule has 1 atom stereocenters. The van der Waals surface area contributed by atoms with Crippen LogP contribution in [0, 0.1) is 0 Å². The Balaban J connectivity index is 1.68. The molecule has 0 radical (unpaired) electrons. The van der Waals surface area contributed by atoms with Gasteiger partial charge in [0.2, 0.25) is 6.10 Å². The van der Waals surface area contributed by atoms with Gasteiger partial charge in [-0.15, -0.1) is 0 Å². The Hall–Kier alpha value is -3.80. The van der Waals surface area contributed by atoms with E-state index in [9.17, 15) is 9.59 Å². The number of hydrogen-bond donors (Lipinski definition) is 1. The zero-order valence-electron chi connectivity index (χ0n) is 17.5. The summed E-state index contributed by atoms with van der Waals surface area (Å²) < 4.78 is 15.9. The molecule has 6 heteroatoms. The van der Waals surface area contributed by atoms with Gasteiger partial charge >= 0.3 is 5.97 Å². The van der Waals surface area contributed by atoms with Crippen molar-refractivity contribution < 1.29 is 23.8 Å². The molecule has 3 aromatic carbocycles. The minimum atomic E-state index is -1.06. The molecule has 0 saturated carbocycles. The molecule has 3 aromatic rings. The number of amides is 1. The molecule has 0 aromatic heterocycles. The number of aryl methyl sites for hydroxylation is 1. The van der Waals surface area contributed by atoms with Crippen LogP contribution in [0.25, 0.3) is 0 Å². The number of methoxy groups -OCH3 is 2. The summed E-state index contributed by atoms with van der Waals surface area (Å²) in [5.74, 6) is 0.484. The summed E-state index contributed by atoms with van der Waals surface area (Å²) in [6, 6.07) is 23.4. The van der Waals surface area contributed by atoms with Crippen LogP contribution in [0.15, 0.2) is 78.9 Å². The lowest BCUT2D eigenvalue weighted by atomic mass is 10.1. The molecule has 1 amide bonds. The number of esters is 1. The number of ether oxygens (including phenoxy) is 3. The van der Waals surface area contributed by atoms with Gasteiger partial charge in [-0.1, -0.05) is 48.5 Å². The predicted octanol–water partition coefficient (Wildman–Crippen LogP) is 4.56. The van der Waals surface area contributed by atoms with Gasteiger partial charge in [0, 0.05) is 23.7 Å². The highest BCUT2D eigenvalue weighted by Gasteiger charge is 2.25. The van der Waals surface area contributed by atoms with Gasteiger partial charge in [-0.2, -0.15) is 0 Å². The number of rotatable bonds is 9.